The quantitative estimate of drug-likeness (QED) is 0.742. The highest BCUT2D eigenvalue weighted by Crippen LogP contribution is 2.25. The fraction of sp³-hybridized carbons (Fsp3) is 0.150. The zero-order valence-corrected chi connectivity index (χ0v) is 14.1. The average Bonchev–Trinajstić information content (AvgIpc) is 2.66. The normalized spacial score (nSPS) is 10.3. The maximum atomic E-state index is 12.0. The molecule has 3 rings (SSSR count). The van der Waals surface area contributed by atoms with Gasteiger partial charge >= 0.3 is 0 Å². The van der Waals surface area contributed by atoms with E-state index in [1.807, 2.05) is 36.4 Å². The molecular weight excluding hydrogens is 318 g/mol. The molecule has 0 fully saturated rings. The van der Waals surface area contributed by atoms with Gasteiger partial charge in [-0.2, -0.15) is 0 Å². The molecule has 0 aliphatic rings. The molecule has 1 amide bonds. The minimum absolute atomic E-state index is 0.0680. The van der Waals surface area contributed by atoms with Crippen LogP contribution in [0.15, 0.2) is 60.7 Å². The predicted molar refractivity (Wildman–Crippen MR) is 97.6 cm³/mol. The first-order valence-electron chi connectivity index (χ1n) is 7.82. The molecule has 3 aromatic rings. The van der Waals surface area contributed by atoms with Crippen LogP contribution in [-0.4, -0.2) is 26.7 Å². The molecule has 0 atom stereocenters. The molecule has 0 saturated heterocycles. The average molecular weight is 337 g/mol. The Labute approximate surface area is 146 Å². The number of benzene rings is 3. The van der Waals surface area contributed by atoms with Gasteiger partial charge in [0.2, 0.25) is 0 Å². The Morgan fingerprint density at radius 3 is 2.08 bits per heavy atom. The molecule has 0 heterocycles. The lowest BCUT2D eigenvalue weighted by molar-refractivity contribution is -0.118. The van der Waals surface area contributed by atoms with Gasteiger partial charge in [-0.15, -0.1) is 0 Å². The summed E-state index contributed by atoms with van der Waals surface area (Å²) in [5.74, 6) is 1.92. The number of methoxy groups -OCH3 is 2. The van der Waals surface area contributed by atoms with Gasteiger partial charge in [0.1, 0.15) is 17.2 Å². The van der Waals surface area contributed by atoms with Crippen LogP contribution in [0.3, 0.4) is 0 Å². The fourth-order valence-corrected chi connectivity index (χ4v) is 2.44. The maximum absolute atomic E-state index is 12.0. The number of ether oxygens (including phenoxy) is 3. The second-order valence-corrected chi connectivity index (χ2v) is 5.44. The van der Waals surface area contributed by atoms with Crippen LogP contribution in [0.25, 0.3) is 10.8 Å². The van der Waals surface area contributed by atoms with Crippen molar-refractivity contribution in [2.24, 2.45) is 0 Å². The van der Waals surface area contributed by atoms with Crippen LogP contribution >= 0.6 is 0 Å². The molecule has 25 heavy (non-hydrogen) atoms. The van der Waals surface area contributed by atoms with Crippen molar-refractivity contribution >= 4 is 22.4 Å². The molecule has 0 bridgehead atoms. The smallest absolute Gasteiger partial charge is 0.262 e. The van der Waals surface area contributed by atoms with Crippen LogP contribution in [-0.2, 0) is 4.79 Å². The van der Waals surface area contributed by atoms with Crippen molar-refractivity contribution in [2.75, 3.05) is 26.1 Å². The molecule has 1 N–H and O–H groups in total. The van der Waals surface area contributed by atoms with Crippen LogP contribution < -0.4 is 19.5 Å². The van der Waals surface area contributed by atoms with Crippen molar-refractivity contribution < 1.29 is 19.0 Å². The molecule has 5 heteroatoms. The molecule has 5 nitrogen and oxygen atoms in total. The predicted octanol–water partition coefficient (Wildman–Crippen LogP) is 3.87. The SMILES string of the molecule is COc1ccc(NC(=O)COc2ccc3ccc(OC)cc3c2)cc1. The molecule has 3 aromatic carbocycles. The highest BCUT2D eigenvalue weighted by atomic mass is 16.5. The van der Waals surface area contributed by atoms with Gasteiger partial charge in [-0.05, 0) is 59.3 Å². The number of rotatable bonds is 6. The summed E-state index contributed by atoms with van der Waals surface area (Å²) in [4.78, 5) is 12.0. The third-order valence-corrected chi connectivity index (χ3v) is 3.76. The van der Waals surface area contributed by atoms with Gasteiger partial charge in [-0.3, -0.25) is 4.79 Å². The Morgan fingerprint density at radius 1 is 0.800 bits per heavy atom. The molecule has 128 valence electrons. The standard InChI is InChI=1S/C20H19NO4/c1-23-17-9-5-16(6-10-17)21-20(22)13-25-19-8-4-14-3-7-18(24-2)11-15(14)12-19/h3-12H,13H2,1-2H3,(H,21,22). The summed E-state index contributed by atoms with van der Waals surface area (Å²) >= 11 is 0. The van der Waals surface area contributed by atoms with E-state index in [-0.39, 0.29) is 12.5 Å². The van der Waals surface area contributed by atoms with E-state index in [9.17, 15) is 4.79 Å². The highest BCUT2D eigenvalue weighted by Gasteiger charge is 2.05. The van der Waals surface area contributed by atoms with Crippen molar-refractivity contribution in [1.82, 2.24) is 0 Å². The zero-order valence-electron chi connectivity index (χ0n) is 14.1. The number of carbonyl (C=O) groups is 1. The Balaban J connectivity index is 1.61. The first-order chi connectivity index (χ1) is 12.2. The van der Waals surface area contributed by atoms with E-state index in [0.29, 0.717) is 11.4 Å². The fourth-order valence-electron chi connectivity index (χ4n) is 2.44. The van der Waals surface area contributed by atoms with Crippen LogP contribution in [0, 0.1) is 0 Å². The summed E-state index contributed by atoms with van der Waals surface area (Å²) in [6.07, 6.45) is 0. The van der Waals surface area contributed by atoms with Crippen molar-refractivity contribution in [3.63, 3.8) is 0 Å². The van der Waals surface area contributed by atoms with E-state index < -0.39 is 0 Å². The molecule has 0 aliphatic carbocycles. The van der Waals surface area contributed by atoms with Gasteiger partial charge in [0.25, 0.3) is 5.91 Å². The summed E-state index contributed by atoms with van der Waals surface area (Å²) in [5, 5.41) is 4.85. The van der Waals surface area contributed by atoms with Gasteiger partial charge in [-0.1, -0.05) is 12.1 Å². The number of carbonyl (C=O) groups excluding carboxylic acids is 1. The molecular formula is C20H19NO4. The van der Waals surface area contributed by atoms with E-state index in [2.05, 4.69) is 5.32 Å². The first kappa shape index (κ1) is 16.6. The van der Waals surface area contributed by atoms with Gasteiger partial charge in [-0.25, -0.2) is 0 Å². The van der Waals surface area contributed by atoms with Crippen molar-refractivity contribution in [1.29, 1.82) is 0 Å². The van der Waals surface area contributed by atoms with Crippen LogP contribution in [0.5, 0.6) is 17.2 Å². The third kappa shape index (κ3) is 4.20. The number of nitrogens with one attached hydrogen (secondary N) is 1. The summed E-state index contributed by atoms with van der Waals surface area (Å²) in [7, 11) is 3.23. The number of hydrogen-bond donors (Lipinski definition) is 1. The summed E-state index contributed by atoms with van der Waals surface area (Å²) < 4.78 is 15.9. The van der Waals surface area contributed by atoms with Crippen LogP contribution in [0.1, 0.15) is 0 Å². The van der Waals surface area contributed by atoms with Gasteiger partial charge in [0.15, 0.2) is 6.61 Å². The number of anilines is 1. The Bertz CT molecular complexity index is 875. The van der Waals surface area contributed by atoms with Gasteiger partial charge < -0.3 is 19.5 Å². The first-order valence-corrected chi connectivity index (χ1v) is 7.82. The molecule has 0 aliphatic heterocycles. The van der Waals surface area contributed by atoms with Crippen LogP contribution in [0.2, 0.25) is 0 Å². The molecule has 0 saturated carbocycles. The Kier molecular flexibility index (Phi) is 5.04. The molecule has 0 spiro atoms. The van der Waals surface area contributed by atoms with E-state index >= 15 is 0 Å². The minimum atomic E-state index is -0.226. The summed E-state index contributed by atoms with van der Waals surface area (Å²) in [6.45, 7) is -0.0680. The third-order valence-electron chi connectivity index (χ3n) is 3.76. The second kappa shape index (κ2) is 7.57. The lowest BCUT2D eigenvalue weighted by Gasteiger charge is -2.09. The summed E-state index contributed by atoms with van der Waals surface area (Å²) in [5.41, 5.74) is 0.692. The van der Waals surface area contributed by atoms with Crippen LogP contribution in [0.4, 0.5) is 5.69 Å². The van der Waals surface area contributed by atoms with Gasteiger partial charge in [0.05, 0.1) is 14.2 Å². The Morgan fingerprint density at radius 2 is 1.40 bits per heavy atom. The van der Waals surface area contributed by atoms with E-state index in [1.54, 1.807) is 38.5 Å². The van der Waals surface area contributed by atoms with E-state index in [4.69, 9.17) is 14.2 Å². The lowest BCUT2D eigenvalue weighted by Crippen LogP contribution is -2.20. The largest absolute Gasteiger partial charge is 0.497 e. The summed E-state index contributed by atoms with van der Waals surface area (Å²) in [6, 6.07) is 18.6. The van der Waals surface area contributed by atoms with Gasteiger partial charge in [0, 0.05) is 5.69 Å². The lowest BCUT2D eigenvalue weighted by atomic mass is 10.1. The van der Waals surface area contributed by atoms with Crippen molar-refractivity contribution in [3.8, 4) is 17.2 Å². The second-order valence-electron chi connectivity index (χ2n) is 5.44. The van der Waals surface area contributed by atoms with E-state index in [1.165, 1.54) is 0 Å². The monoisotopic (exact) mass is 337 g/mol. The highest BCUT2D eigenvalue weighted by molar-refractivity contribution is 5.92. The zero-order chi connectivity index (χ0) is 17.6. The minimum Gasteiger partial charge on any atom is -0.497 e. The number of amides is 1. The molecule has 0 unspecified atom stereocenters. The topological polar surface area (TPSA) is 56.8 Å². The Hall–Kier alpha value is -3.21. The number of hydrogen-bond acceptors (Lipinski definition) is 4. The molecule has 0 aromatic heterocycles. The number of fused-ring (bicyclic) bond motifs is 1. The molecule has 0 radical (unpaired) electrons. The maximum Gasteiger partial charge on any atom is 0.262 e. The van der Waals surface area contributed by atoms with Crippen molar-refractivity contribution in [2.45, 2.75) is 0 Å². The van der Waals surface area contributed by atoms with E-state index in [0.717, 1.165) is 22.3 Å². The van der Waals surface area contributed by atoms with Crippen molar-refractivity contribution in [3.05, 3.63) is 60.7 Å².